The van der Waals surface area contributed by atoms with Crippen molar-refractivity contribution in [2.24, 2.45) is 0 Å². The van der Waals surface area contributed by atoms with Gasteiger partial charge in [-0.2, -0.15) is 5.26 Å². The summed E-state index contributed by atoms with van der Waals surface area (Å²) in [5.74, 6) is 0.452. The summed E-state index contributed by atoms with van der Waals surface area (Å²) in [4.78, 5) is 11.4. The number of aromatic hydroxyl groups is 1. The maximum atomic E-state index is 9.75. The molecule has 6 nitrogen and oxygen atoms in total. The van der Waals surface area contributed by atoms with E-state index in [4.69, 9.17) is 5.73 Å². The van der Waals surface area contributed by atoms with Gasteiger partial charge in [0, 0.05) is 60.0 Å². The Balaban J connectivity index is 1.95. The Morgan fingerprint density at radius 1 is 1.30 bits per heavy atom. The summed E-state index contributed by atoms with van der Waals surface area (Å²) < 4.78 is 0. The molecule has 0 aliphatic carbocycles. The molecule has 0 unspecified atom stereocenters. The highest BCUT2D eigenvalue weighted by Gasteiger charge is 2.26. The third kappa shape index (κ3) is 2.96. The second-order valence-corrected chi connectivity index (χ2v) is 7.20. The zero-order valence-corrected chi connectivity index (χ0v) is 15.4. The number of aromatic nitrogens is 2. The van der Waals surface area contributed by atoms with E-state index in [-0.39, 0.29) is 11.6 Å². The summed E-state index contributed by atoms with van der Waals surface area (Å²) in [6.07, 6.45) is 2.55. The van der Waals surface area contributed by atoms with Crippen LogP contribution in [0.1, 0.15) is 30.7 Å². The molecule has 0 spiro atoms. The minimum atomic E-state index is 0.179. The Morgan fingerprint density at radius 2 is 2.11 bits per heavy atom. The predicted octanol–water partition coefficient (Wildman–Crippen LogP) is 3.22. The third-order valence-corrected chi connectivity index (χ3v) is 5.21. The smallest absolute Gasteiger partial charge is 0.142 e. The molecule has 0 saturated heterocycles. The van der Waals surface area contributed by atoms with Crippen molar-refractivity contribution in [1.29, 1.82) is 5.26 Å². The van der Waals surface area contributed by atoms with Crippen LogP contribution in [0.15, 0.2) is 30.5 Å². The first-order chi connectivity index (χ1) is 13.0. The molecule has 27 heavy (non-hydrogen) atoms. The van der Waals surface area contributed by atoms with Crippen molar-refractivity contribution < 1.29 is 5.11 Å². The van der Waals surface area contributed by atoms with Crippen LogP contribution in [0.2, 0.25) is 0 Å². The van der Waals surface area contributed by atoms with Crippen LogP contribution in [0, 0.1) is 11.3 Å². The monoisotopic (exact) mass is 359 g/mol. The number of phenolic OH excluding ortho intramolecular Hbond substituents is 1. The highest BCUT2D eigenvalue weighted by Crippen LogP contribution is 2.36. The van der Waals surface area contributed by atoms with E-state index >= 15 is 0 Å². The maximum Gasteiger partial charge on any atom is 0.142 e. The number of nitrogen functional groups attached to an aromatic ring is 1. The SMILES string of the molecule is CC(C)N1CCc2nc(N)c(C#N)c(-c3cnc4cc(O)ccc4c3)c2C1. The van der Waals surface area contributed by atoms with Crippen molar-refractivity contribution in [3.05, 3.63) is 47.3 Å². The second-order valence-electron chi connectivity index (χ2n) is 7.20. The number of hydrogen-bond donors (Lipinski definition) is 2. The number of rotatable bonds is 2. The van der Waals surface area contributed by atoms with Crippen LogP contribution in [-0.4, -0.2) is 32.6 Å². The average molecular weight is 359 g/mol. The quantitative estimate of drug-likeness (QED) is 0.729. The van der Waals surface area contributed by atoms with Gasteiger partial charge in [-0.25, -0.2) is 4.98 Å². The number of nitrogens with two attached hydrogens (primary N) is 1. The molecule has 0 fully saturated rings. The molecule has 0 bridgehead atoms. The van der Waals surface area contributed by atoms with Crippen LogP contribution in [0.4, 0.5) is 5.82 Å². The summed E-state index contributed by atoms with van der Waals surface area (Å²) >= 11 is 0. The van der Waals surface area contributed by atoms with Gasteiger partial charge in [-0.3, -0.25) is 9.88 Å². The third-order valence-electron chi connectivity index (χ3n) is 5.21. The first-order valence-corrected chi connectivity index (χ1v) is 9.02. The Bertz CT molecular complexity index is 1080. The fourth-order valence-corrected chi connectivity index (χ4v) is 3.72. The molecule has 3 N–H and O–H groups in total. The highest BCUT2D eigenvalue weighted by molar-refractivity contribution is 5.87. The summed E-state index contributed by atoms with van der Waals surface area (Å²) in [5, 5.41) is 20.3. The Hall–Kier alpha value is -3.17. The molecule has 3 aromatic rings. The molecule has 3 heterocycles. The highest BCUT2D eigenvalue weighted by atomic mass is 16.3. The summed E-state index contributed by atoms with van der Waals surface area (Å²) in [6, 6.07) is 9.73. The Kier molecular flexibility index (Phi) is 4.17. The van der Waals surface area contributed by atoms with Crippen molar-refractivity contribution in [3.63, 3.8) is 0 Å². The van der Waals surface area contributed by atoms with Gasteiger partial charge >= 0.3 is 0 Å². The largest absolute Gasteiger partial charge is 0.508 e. The first-order valence-electron chi connectivity index (χ1n) is 9.02. The first kappa shape index (κ1) is 17.3. The van der Waals surface area contributed by atoms with Crippen LogP contribution in [-0.2, 0) is 13.0 Å². The van der Waals surface area contributed by atoms with E-state index < -0.39 is 0 Å². The zero-order valence-electron chi connectivity index (χ0n) is 15.4. The lowest BCUT2D eigenvalue weighted by atomic mass is 9.91. The Labute approximate surface area is 157 Å². The van der Waals surface area contributed by atoms with Gasteiger partial charge in [-0.1, -0.05) is 0 Å². The number of pyridine rings is 2. The van der Waals surface area contributed by atoms with Gasteiger partial charge in [-0.15, -0.1) is 0 Å². The lowest BCUT2D eigenvalue weighted by Gasteiger charge is -2.33. The molecule has 1 aromatic carbocycles. The van der Waals surface area contributed by atoms with Crippen molar-refractivity contribution in [2.45, 2.75) is 32.9 Å². The minimum absolute atomic E-state index is 0.179. The van der Waals surface area contributed by atoms with Crippen LogP contribution in [0.3, 0.4) is 0 Å². The van der Waals surface area contributed by atoms with Crippen molar-refractivity contribution in [2.75, 3.05) is 12.3 Å². The van der Waals surface area contributed by atoms with E-state index in [1.165, 1.54) is 0 Å². The molecule has 6 heteroatoms. The van der Waals surface area contributed by atoms with Crippen molar-refractivity contribution >= 4 is 16.7 Å². The van der Waals surface area contributed by atoms with Gasteiger partial charge in [0.25, 0.3) is 0 Å². The van der Waals surface area contributed by atoms with Crippen molar-refractivity contribution in [1.82, 2.24) is 14.9 Å². The molecule has 1 aliphatic rings. The van der Waals surface area contributed by atoms with Crippen LogP contribution in [0.5, 0.6) is 5.75 Å². The fraction of sp³-hybridized carbons (Fsp3) is 0.286. The normalized spacial score (nSPS) is 14.3. The number of phenols is 1. The molecule has 0 saturated carbocycles. The lowest BCUT2D eigenvalue weighted by Crippen LogP contribution is -2.36. The summed E-state index contributed by atoms with van der Waals surface area (Å²) in [7, 11) is 0. The second kappa shape index (κ2) is 6.53. The maximum absolute atomic E-state index is 9.75. The summed E-state index contributed by atoms with van der Waals surface area (Å²) in [6.45, 7) is 6.00. The molecule has 4 rings (SSSR count). The molecular weight excluding hydrogens is 338 g/mol. The van der Waals surface area contributed by atoms with E-state index in [0.717, 1.165) is 47.3 Å². The van der Waals surface area contributed by atoms with Gasteiger partial charge in [0.05, 0.1) is 5.52 Å². The molecule has 2 aromatic heterocycles. The number of nitrogens with zero attached hydrogens (tertiary/aromatic N) is 4. The zero-order chi connectivity index (χ0) is 19.1. The fourth-order valence-electron chi connectivity index (χ4n) is 3.72. The number of fused-ring (bicyclic) bond motifs is 2. The van der Waals surface area contributed by atoms with Crippen LogP contribution in [0.25, 0.3) is 22.0 Å². The van der Waals surface area contributed by atoms with Crippen molar-refractivity contribution in [3.8, 4) is 22.9 Å². The topological polar surface area (TPSA) is 99.1 Å². The van der Waals surface area contributed by atoms with E-state index in [9.17, 15) is 10.4 Å². The van der Waals surface area contributed by atoms with Gasteiger partial charge in [0.1, 0.15) is 23.2 Å². The van der Waals surface area contributed by atoms with Gasteiger partial charge in [0.2, 0.25) is 0 Å². The van der Waals surface area contributed by atoms with Crippen LogP contribution >= 0.6 is 0 Å². The van der Waals surface area contributed by atoms with Crippen LogP contribution < -0.4 is 5.73 Å². The summed E-state index contributed by atoms with van der Waals surface area (Å²) in [5.41, 5.74) is 10.9. The van der Waals surface area contributed by atoms with E-state index in [2.05, 4.69) is 34.8 Å². The van der Waals surface area contributed by atoms with E-state index in [1.807, 2.05) is 12.1 Å². The number of benzene rings is 1. The number of hydrogen-bond acceptors (Lipinski definition) is 6. The van der Waals surface area contributed by atoms with Gasteiger partial charge in [-0.05, 0) is 37.6 Å². The molecule has 0 radical (unpaired) electrons. The molecule has 0 atom stereocenters. The number of nitriles is 1. The average Bonchev–Trinajstić information content (AvgIpc) is 2.66. The number of anilines is 1. The minimum Gasteiger partial charge on any atom is -0.508 e. The lowest BCUT2D eigenvalue weighted by molar-refractivity contribution is 0.202. The van der Waals surface area contributed by atoms with Gasteiger partial charge in [0.15, 0.2) is 0 Å². The van der Waals surface area contributed by atoms with Gasteiger partial charge < -0.3 is 10.8 Å². The van der Waals surface area contributed by atoms with E-state index in [1.54, 1.807) is 18.3 Å². The van der Waals surface area contributed by atoms with E-state index in [0.29, 0.717) is 17.1 Å². The molecular formula is C21H21N5O. The molecule has 136 valence electrons. The molecule has 1 aliphatic heterocycles. The predicted molar refractivity (Wildman–Crippen MR) is 105 cm³/mol. The standard InChI is InChI=1S/C21H21N5O/c1-12(2)26-6-5-18-17(11-26)20(16(9-22)21(23)25-18)14-7-13-3-4-15(27)8-19(13)24-10-14/h3-4,7-8,10,12,27H,5-6,11H2,1-2H3,(H2,23,25). The Morgan fingerprint density at radius 3 is 2.85 bits per heavy atom. The molecule has 0 amide bonds.